The van der Waals surface area contributed by atoms with Crippen molar-refractivity contribution in [2.45, 2.75) is 38.7 Å². The standard InChI is InChI=1S/C14H20N2O5/c1-10-4-2-3-5-11(10)20-9-8-15-14(17)12-6-7-13(21-12)16(18)19/h6-7,10-11H,2-5,8-9H2,1H3,(H,15,17)/t10-,11-/m1/s1. The fourth-order valence-electron chi connectivity index (χ4n) is 2.54. The van der Waals surface area contributed by atoms with Gasteiger partial charge in [-0.2, -0.15) is 0 Å². The van der Waals surface area contributed by atoms with Crippen LogP contribution in [-0.2, 0) is 4.74 Å². The SMILES string of the molecule is C[C@@H]1CCCC[C@H]1OCCNC(=O)c1ccc([N+](=O)[O-])o1. The molecule has 1 fully saturated rings. The third-order valence-corrected chi connectivity index (χ3v) is 3.75. The number of furan rings is 1. The van der Waals surface area contributed by atoms with Crippen molar-refractivity contribution in [1.29, 1.82) is 0 Å². The number of hydrogen-bond acceptors (Lipinski definition) is 5. The molecule has 1 aromatic rings. The Hall–Kier alpha value is -1.89. The third-order valence-electron chi connectivity index (χ3n) is 3.75. The van der Waals surface area contributed by atoms with Gasteiger partial charge in [0.2, 0.25) is 0 Å². The lowest BCUT2D eigenvalue weighted by Gasteiger charge is -2.28. The minimum absolute atomic E-state index is 0.0623. The molecule has 116 valence electrons. The normalized spacial score (nSPS) is 22.0. The molecule has 1 N–H and O–H groups in total. The number of carbonyl (C=O) groups is 1. The van der Waals surface area contributed by atoms with E-state index in [1.807, 2.05) is 0 Å². The number of nitrogens with zero attached hydrogens (tertiary/aromatic N) is 1. The largest absolute Gasteiger partial charge is 0.433 e. The second-order valence-corrected chi connectivity index (χ2v) is 5.32. The smallest absolute Gasteiger partial charge is 0.395 e. The van der Waals surface area contributed by atoms with Crippen LogP contribution in [0.1, 0.15) is 43.2 Å². The number of ether oxygens (including phenoxy) is 1. The Morgan fingerprint density at radius 1 is 1.48 bits per heavy atom. The van der Waals surface area contributed by atoms with Crippen molar-refractivity contribution in [3.8, 4) is 0 Å². The highest BCUT2D eigenvalue weighted by Gasteiger charge is 2.22. The second-order valence-electron chi connectivity index (χ2n) is 5.32. The molecule has 1 aromatic heterocycles. The molecule has 7 heteroatoms. The predicted octanol–water partition coefficient (Wildman–Crippen LogP) is 2.51. The molecule has 1 amide bonds. The maximum Gasteiger partial charge on any atom is 0.433 e. The van der Waals surface area contributed by atoms with Gasteiger partial charge in [0.1, 0.15) is 4.92 Å². The summed E-state index contributed by atoms with van der Waals surface area (Å²) in [7, 11) is 0. The van der Waals surface area contributed by atoms with Gasteiger partial charge in [0, 0.05) is 6.54 Å². The van der Waals surface area contributed by atoms with Gasteiger partial charge in [-0.15, -0.1) is 0 Å². The van der Waals surface area contributed by atoms with E-state index in [2.05, 4.69) is 12.2 Å². The first-order valence-electron chi connectivity index (χ1n) is 7.22. The van der Waals surface area contributed by atoms with Gasteiger partial charge in [-0.3, -0.25) is 14.9 Å². The fraction of sp³-hybridized carbons (Fsp3) is 0.643. The van der Waals surface area contributed by atoms with Gasteiger partial charge in [0.15, 0.2) is 5.76 Å². The highest BCUT2D eigenvalue weighted by atomic mass is 16.6. The molecule has 1 heterocycles. The van der Waals surface area contributed by atoms with E-state index in [1.165, 1.54) is 25.3 Å². The van der Waals surface area contributed by atoms with Crippen molar-refractivity contribution in [2.75, 3.05) is 13.2 Å². The number of carbonyl (C=O) groups excluding carboxylic acids is 1. The Kier molecular flexibility index (Phi) is 5.32. The molecular formula is C14H20N2O5. The molecule has 7 nitrogen and oxygen atoms in total. The van der Waals surface area contributed by atoms with Gasteiger partial charge in [-0.1, -0.05) is 19.8 Å². The van der Waals surface area contributed by atoms with Crippen LogP contribution in [0.15, 0.2) is 16.5 Å². The average Bonchev–Trinajstić information content (AvgIpc) is 2.95. The Balaban J connectivity index is 1.70. The first kappa shape index (κ1) is 15.5. The molecule has 0 radical (unpaired) electrons. The lowest BCUT2D eigenvalue weighted by molar-refractivity contribution is -0.402. The van der Waals surface area contributed by atoms with Crippen LogP contribution in [0.3, 0.4) is 0 Å². The predicted molar refractivity (Wildman–Crippen MR) is 75.1 cm³/mol. The van der Waals surface area contributed by atoms with Gasteiger partial charge in [-0.05, 0) is 24.8 Å². The van der Waals surface area contributed by atoms with Crippen LogP contribution in [0.2, 0.25) is 0 Å². The van der Waals surface area contributed by atoms with Crippen LogP contribution < -0.4 is 5.32 Å². The first-order chi connectivity index (χ1) is 10.1. The fourth-order valence-corrected chi connectivity index (χ4v) is 2.54. The Labute approximate surface area is 122 Å². The minimum atomic E-state index is -0.676. The van der Waals surface area contributed by atoms with Crippen molar-refractivity contribution < 1.29 is 18.9 Å². The monoisotopic (exact) mass is 296 g/mol. The van der Waals surface area contributed by atoms with E-state index in [9.17, 15) is 14.9 Å². The Bertz CT molecular complexity index is 499. The van der Waals surface area contributed by atoms with Crippen LogP contribution in [0.25, 0.3) is 0 Å². The molecule has 0 spiro atoms. The van der Waals surface area contributed by atoms with Gasteiger partial charge in [0.05, 0.1) is 18.8 Å². The van der Waals surface area contributed by atoms with E-state index in [4.69, 9.17) is 9.15 Å². The lowest BCUT2D eigenvalue weighted by Crippen LogP contribution is -2.31. The first-order valence-corrected chi connectivity index (χ1v) is 7.22. The summed E-state index contributed by atoms with van der Waals surface area (Å²) in [4.78, 5) is 21.5. The number of nitrogens with one attached hydrogen (secondary N) is 1. The number of rotatable bonds is 6. The molecule has 0 unspecified atom stereocenters. The summed E-state index contributed by atoms with van der Waals surface area (Å²) in [6.45, 7) is 2.98. The summed E-state index contributed by atoms with van der Waals surface area (Å²) in [5.74, 6) is -0.411. The molecule has 21 heavy (non-hydrogen) atoms. The zero-order chi connectivity index (χ0) is 15.2. The molecule has 0 aromatic carbocycles. The van der Waals surface area contributed by atoms with Crippen LogP contribution >= 0.6 is 0 Å². The van der Waals surface area contributed by atoms with Gasteiger partial charge in [-0.25, -0.2) is 0 Å². The van der Waals surface area contributed by atoms with Crippen LogP contribution in [-0.4, -0.2) is 30.1 Å². The lowest BCUT2D eigenvalue weighted by atomic mass is 9.88. The average molecular weight is 296 g/mol. The van der Waals surface area contributed by atoms with E-state index < -0.39 is 16.7 Å². The topological polar surface area (TPSA) is 94.6 Å². The maximum absolute atomic E-state index is 11.7. The summed E-state index contributed by atoms with van der Waals surface area (Å²) in [5, 5.41) is 13.1. The molecule has 1 aliphatic carbocycles. The highest BCUT2D eigenvalue weighted by Crippen LogP contribution is 2.26. The maximum atomic E-state index is 11.7. The second kappa shape index (κ2) is 7.21. The molecule has 0 bridgehead atoms. The number of nitro groups is 1. The Morgan fingerprint density at radius 2 is 2.24 bits per heavy atom. The Morgan fingerprint density at radius 3 is 2.90 bits per heavy atom. The molecule has 2 rings (SSSR count). The van der Waals surface area contributed by atoms with Crippen molar-refractivity contribution in [3.05, 3.63) is 28.0 Å². The van der Waals surface area contributed by atoms with Crippen molar-refractivity contribution in [1.82, 2.24) is 5.32 Å². The zero-order valence-electron chi connectivity index (χ0n) is 12.0. The van der Waals surface area contributed by atoms with E-state index in [0.717, 1.165) is 12.5 Å². The van der Waals surface area contributed by atoms with Crippen LogP contribution in [0, 0.1) is 16.0 Å². The van der Waals surface area contributed by atoms with E-state index in [-0.39, 0.29) is 11.9 Å². The minimum Gasteiger partial charge on any atom is -0.395 e. The summed E-state index contributed by atoms with van der Waals surface area (Å²) in [6.07, 6.45) is 4.97. The quantitative estimate of drug-likeness (QED) is 0.494. The van der Waals surface area contributed by atoms with Gasteiger partial charge < -0.3 is 14.5 Å². The molecule has 1 saturated carbocycles. The molecule has 2 atom stereocenters. The van der Waals surface area contributed by atoms with Crippen molar-refractivity contribution in [3.63, 3.8) is 0 Å². The van der Waals surface area contributed by atoms with Gasteiger partial charge in [0.25, 0.3) is 5.91 Å². The van der Waals surface area contributed by atoms with Gasteiger partial charge >= 0.3 is 5.88 Å². The third kappa shape index (κ3) is 4.29. The summed E-state index contributed by atoms with van der Waals surface area (Å²) >= 11 is 0. The molecule has 0 saturated heterocycles. The number of hydrogen-bond donors (Lipinski definition) is 1. The van der Waals surface area contributed by atoms with Crippen LogP contribution in [0.5, 0.6) is 0 Å². The summed E-state index contributed by atoms with van der Waals surface area (Å²) < 4.78 is 10.6. The van der Waals surface area contributed by atoms with Crippen molar-refractivity contribution in [2.24, 2.45) is 5.92 Å². The molecule has 0 aliphatic heterocycles. The summed E-state index contributed by atoms with van der Waals surface area (Å²) in [5.41, 5.74) is 0. The van der Waals surface area contributed by atoms with E-state index in [1.54, 1.807) is 0 Å². The molecule has 1 aliphatic rings. The zero-order valence-corrected chi connectivity index (χ0v) is 12.0. The number of amides is 1. The van der Waals surface area contributed by atoms with Crippen molar-refractivity contribution >= 4 is 11.8 Å². The van der Waals surface area contributed by atoms with E-state index >= 15 is 0 Å². The summed E-state index contributed by atoms with van der Waals surface area (Å²) in [6, 6.07) is 2.45. The molecular weight excluding hydrogens is 276 g/mol. The van der Waals surface area contributed by atoms with Crippen LogP contribution in [0.4, 0.5) is 5.88 Å². The highest BCUT2D eigenvalue weighted by molar-refractivity contribution is 5.91. The van der Waals surface area contributed by atoms with E-state index in [0.29, 0.717) is 19.1 Å².